The summed E-state index contributed by atoms with van der Waals surface area (Å²) in [4.78, 5) is 11.1. The molecule has 2 rings (SSSR count). The summed E-state index contributed by atoms with van der Waals surface area (Å²) in [5.74, 6) is 2.07. The van der Waals surface area contributed by atoms with Crippen LogP contribution in [-0.2, 0) is 0 Å². The lowest BCUT2D eigenvalue weighted by Crippen LogP contribution is -2.12. The van der Waals surface area contributed by atoms with Crippen LogP contribution >= 0.6 is 11.9 Å². The molecule has 0 N–H and O–H groups in total. The van der Waals surface area contributed by atoms with Gasteiger partial charge in [0.15, 0.2) is 5.78 Å². The fourth-order valence-corrected chi connectivity index (χ4v) is 2.82. The molecule has 0 spiro atoms. The van der Waals surface area contributed by atoms with Crippen molar-refractivity contribution in [3.8, 4) is 0 Å². The Bertz CT molecular complexity index is 360. The Morgan fingerprint density at radius 1 is 1.40 bits per heavy atom. The van der Waals surface area contributed by atoms with Gasteiger partial charge >= 0.3 is 0 Å². The van der Waals surface area contributed by atoms with Gasteiger partial charge in [0.05, 0.1) is 0 Å². The SMILES string of the molecule is CC(=O)c1ccc(N2CC(C)CS2)cc1. The molecule has 1 aliphatic heterocycles. The van der Waals surface area contributed by atoms with Gasteiger partial charge in [-0.25, -0.2) is 0 Å². The van der Waals surface area contributed by atoms with Gasteiger partial charge in [-0.2, -0.15) is 0 Å². The minimum absolute atomic E-state index is 0.129. The molecule has 3 heteroatoms. The van der Waals surface area contributed by atoms with E-state index in [9.17, 15) is 4.79 Å². The highest BCUT2D eigenvalue weighted by Gasteiger charge is 2.19. The molecular formula is C12H15NOS. The van der Waals surface area contributed by atoms with E-state index in [2.05, 4.69) is 11.2 Å². The lowest BCUT2D eigenvalue weighted by Gasteiger charge is -2.16. The fourth-order valence-electron chi connectivity index (χ4n) is 1.65. The average Bonchev–Trinajstić information content (AvgIpc) is 2.65. The van der Waals surface area contributed by atoms with Crippen molar-refractivity contribution < 1.29 is 4.79 Å². The molecule has 0 aliphatic carbocycles. The van der Waals surface area contributed by atoms with Gasteiger partial charge in [-0.1, -0.05) is 6.92 Å². The van der Waals surface area contributed by atoms with Crippen molar-refractivity contribution in [2.75, 3.05) is 16.6 Å². The van der Waals surface area contributed by atoms with Gasteiger partial charge in [-0.15, -0.1) is 0 Å². The molecule has 1 aromatic carbocycles. The van der Waals surface area contributed by atoms with E-state index < -0.39 is 0 Å². The van der Waals surface area contributed by atoms with E-state index in [1.54, 1.807) is 6.92 Å². The predicted octanol–water partition coefficient (Wildman–Crippen LogP) is 2.99. The third-order valence-electron chi connectivity index (χ3n) is 2.55. The normalized spacial score (nSPS) is 20.7. The highest BCUT2D eigenvalue weighted by atomic mass is 32.2. The van der Waals surface area contributed by atoms with Crippen molar-refractivity contribution in [1.29, 1.82) is 0 Å². The Labute approximate surface area is 94.8 Å². The number of benzene rings is 1. The summed E-state index contributed by atoms with van der Waals surface area (Å²) in [6.07, 6.45) is 0. The van der Waals surface area contributed by atoms with Gasteiger partial charge in [-0.3, -0.25) is 4.79 Å². The third-order valence-corrected chi connectivity index (χ3v) is 3.94. The Morgan fingerprint density at radius 3 is 2.53 bits per heavy atom. The summed E-state index contributed by atoms with van der Waals surface area (Å²) >= 11 is 1.87. The van der Waals surface area contributed by atoms with Crippen molar-refractivity contribution in [2.24, 2.45) is 5.92 Å². The zero-order chi connectivity index (χ0) is 10.8. The first-order valence-corrected chi connectivity index (χ1v) is 6.12. The lowest BCUT2D eigenvalue weighted by molar-refractivity contribution is 0.101. The number of hydrogen-bond acceptors (Lipinski definition) is 3. The first-order chi connectivity index (χ1) is 7.16. The van der Waals surface area contributed by atoms with Gasteiger partial charge in [0, 0.05) is 23.5 Å². The highest BCUT2D eigenvalue weighted by molar-refractivity contribution is 8.00. The number of rotatable bonds is 2. The van der Waals surface area contributed by atoms with E-state index >= 15 is 0 Å². The second-order valence-electron chi connectivity index (χ2n) is 4.07. The summed E-state index contributed by atoms with van der Waals surface area (Å²) in [5, 5.41) is 0. The standard InChI is InChI=1S/C12H15NOS/c1-9-7-13(15-8-9)12-5-3-11(4-6-12)10(2)14/h3-6,9H,7-8H2,1-2H3. The maximum absolute atomic E-state index is 11.1. The fraction of sp³-hybridized carbons (Fsp3) is 0.417. The molecular weight excluding hydrogens is 206 g/mol. The van der Waals surface area contributed by atoms with Gasteiger partial charge < -0.3 is 4.31 Å². The van der Waals surface area contributed by atoms with Crippen LogP contribution in [0.4, 0.5) is 5.69 Å². The van der Waals surface area contributed by atoms with Crippen LogP contribution in [0.3, 0.4) is 0 Å². The van der Waals surface area contributed by atoms with Crippen molar-refractivity contribution in [1.82, 2.24) is 0 Å². The molecule has 1 atom stereocenters. The molecule has 1 heterocycles. The van der Waals surface area contributed by atoms with Crippen molar-refractivity contribution in [3.63, 3.8) is 0 Å². The van der Waals surface area contributed by atoms with Crippen LogP contribution in [0, 0.1) is 5.92 Å². The number of Topliss-reactive ketones (excluding diaryl/α,β-unsaturated/α-hetero) is 1. The van der Waals surface area contributed by atoms with Crippen molar-refractivity contribution in [3.05, 3.63) is 29.8 Å². The summed E-state index contributed by atoms with van der Waals surface area (Å²) < 4.78 is 2.30. The van der Waals surface area contributed by atoms with Crippen LogP contribution in [0.5, 0.6) is 0 Å². The van der Waals surface area contributed by atoms with Crippen LogP contribution in [0.2, 0.25) is 0 Å². The van der Waals surface area contributed by atoms with Crippen molar-refractivity contribution in [2.45, 2.75) is 13.8 Å². The number of anilines is 1. The number of ketones is 1. The van der Waals surface area contributed by atoms with Gasteiger partial charge in [0.25, 0.3) is 0 Å². The summed E-state index contributed by atoms with van der Waals surface area (Å²) in [5.41, 5.74) is 1.99. The molecule has 0 amide bonds. The van der Waals surface area contributed by atoms with E-state index in [-0.39, 0.29) is 5.78 Å². The number of carbonyl (C=O) groups is 1. The van der Waals surface area contributed by atoms with Crippen molar-refractivity contribution >= 4 is 23.4 Å². The van der Waals surface area contributed by atoms with Crippen LogP contribution in [0.15, 0.2) is 24.3 Å². The Morgan fingerprint density at radius 2 is 2.07 bits per heavy atom. The van der Waals surface area contributed by atoms with Crippen LogP contribution < -0.4 is 4.31 Å². The van der Waals surface area contributed by atoms with Gasteiger partial charge in [0.2, 0.25) is 0 Å². The first kappa shape index (κ1) is 10.6. The van der Waals surface area contributed by atoms with Crippen LogP contribution in [0.25, 0.3) is 0 Å². The minimum Gasteiger partial charge on any atom is -0.316 e. The van der Waals surface area contributed by atoms with Crippen LogP contribution in [-0.4, -0.2) is 18.1 Å². The molecule has 1 fully saturated rings. The van der Waals surface area contributed by atoms with E-state index in [0.717, 1.165) is 18.0 Å². The predicted molar refractivity (Wildman–Crippen MR) is 65.4 cm³/mol. The highest BCUT2D eigenvalue weighted by Crippen LogP contribution is 2.31. The molecule has 1 aromatic rings. The number of hydrogen-bond donors (Lipinski definition) is 0. The molecule has 0 radical (unpaired) electrons. The topological polar surface area (TPSA) is 20.3 Å². The molecule has 15 heavy (non-hydrogen) atoms. The second kappa shape index (κ2) is 4.27. The molecule has 0 saturated carbocycles. The Hall–Kier alpha value is -0.960. The van der Waals surface area contributed by atoms with E-state index in [0.29, 0.717) is 0 Å². The second-order valence-corrected chi connectivity index (χ2v) is 5.10. The monoisotopic (exact) mass is 221 g/mol. The van der Waals surface area contributed by atoms with Gasteiger partial charge in [-0.05, 0) is 49.1 Å². The molecule has 1 saturated heterocycles. The lowest BCUT2D eigenvalue weighted by atomic mass is 10.1. The van der Waals surface area contributed by atoms with Crippen LogP contribution in [0.1, 0.15) is 24.2 Å². The first-order valence-electron chi connectivity index (χ1n) is 5.18. The largest absolute Gasteiger partial charge is 0.316 e. The summed E-state index contributed by atoms with van der Waals surface area (Å²) in [6.45, 7) is 4.96. The maximum Gasteiger partial charge on any atom is 0.159 e. The van der Waals surface area contributed by atoms with E-state index in [4.69, 9.17) is 0 Å². The zero-order valence-corrected chi connectivity index (χ0v) is 9.88. The molecule has 80 valence electrons. The molecule has 1 unspecified atom stereocenters. The zero-order valence-electron chi connectivity index (χ0n) is 9.06. The smallest absolute Gasteiger partial charge is 0.159 e. The number of nitrogens with zero attached hydrogens (tertiary/aromatic N) is 1. The Kier molecular flexibility index (Phi) is 3.00. The summed E-state index contributed by atoms with van der Waals surface area (Å²) in [6, 6.07) is 7.87. The van der Waals surface area contributed by atoms with E-state index in [1.807, 2.05) is 36.2 Å². The quantitative estimate of drug-likeness (QED) is 0.565. The minimum atomic E-state index is 0.129. The van der Waals surface area contributed by atoms with E-state index in [1.165, 1.54) is 11.4 Å². The number of carbonyl (C=O) groups excluding carboxylic acids is 1. The molecule has 0 bridgehead atoms. The molecule has 1 aliphatic rings. The Balaban J connectivity index is 2.13. The van der Waals surface area contributed by atoms with Gasteiger partial charge in [0.1, 0.15) is 0 Å². The third kappa shape index (κ3) is 2.34. The average molecular weight is 221 g/mol. The molecule has 2 nitrogen and oxygen atoms in total. The molecule has 0 aromatic heterocycles. The summed E-state index contributed by atoms with van der Waals surface area (Å²) in [7, 11) is 0. The maximum atomic E-state index is 11.1.